The first-order chi connectivity index (χ1) is 26.9. The lowest BCUT2D eigenvalue weighted by Crippen LogP contribution is -2.51. The number of hydrogen-bond acceptors (Lipinski definition) is 10. The third-order valence-electron chi connectivity index (χ3n) is 10.8. The summed E-state index contributed by atoms with van der Waals surface area (Å²) in [7, 11) is 2.56. The number of carbonyl (C=O) groups is 4. The molecule has 0 saturated carbocycles. The fraction of sp³-hybridized carbons (Fsp3) is 0.429. The molecule has 2 N–H and O–H groups in total. The third-order valence-corrected chi connectivity index (χ3v) is 10.8. The number of ether oxygens (including phenoxy) is 2. The summed E-state index contributed by atoms with van der Waals surface area (Å²) >= 11 is 0. The summed E-state index contributed by atoms with van der Waals surface area (Å²) in [5.41, 5.74) is 6.59. The Morgan fingerprint density at radius 2 is 1.07 bits per heavy atom. The summed E-state index contributed by atoms with van der Waals surface area (Å²) in [4.78, 5) is 64.2. The molecule has 5 aromatic rings. The van der Waals surface area contributed by atoms with E-state index in [1.807, 2.05) is 64.1 Å². The van der Waals surface area contributed by atoms with Crippen molar-refractivity contribution in [2.24, 2.45) is 11.8 Å². The number of aromatic nitrogens is 2. The van der Waals surface area contributed by atoms with Crippen molar-refractivity contribution in [1.29, 1.82) is 0 Å². The van der Waals surface area contributed by atoms with Crippen molar-refractivity contribution >= 4 is 46.2 Å². The molecule has 56 heavy (non-hydrogen) atoms. The average Bonchev–Trinajstić information content (AvgIpc) is 4.03. The highest BCUT2D eigenvalue weighted by Crippen LogP contribution is 2.37. The second-order valence-electron chi connectivity index (χ2n) is 15.1. The Labute approximate surface area is 324 Å². The van der Waals surface area contributed by atoms with Gasteiger partial charge in [-0.05, 0) is 84.0 Å². The summed E-state index contributed by atoms with van der Waals surface area (Å²) in [6.45, 7) is 8.64. The number of alkyl carbamates (subject to hydrolysis) is 2. The number of benzene rings is 3. The van der Waals surface area contributed by atoms with Crippen LogP contribution in [0, 0.1) is 11.8 Å². The molecule has 0 spiro atoms. The van der Waals surface area contributed by atoms with E-state index in [1.165, 1.54) is 14.2 Å². The van der Waals surface area contributed by atoms with Crippen LogP contribution in [0.3, 0.4) is 0 Å². The molecule has 2 fully saturated rings. The number of fused-ring (bicyclic) bond motifs is 2. The van der Waals surface area contributed by atoms with Crippen molar-refractivity contribution in [3.05, 3.63) is 72.4 Å². The van der Waals surface area contributed by atoms with Crippen molar-refractivity contribution in [3.8, 4) is 22.3 Å². The first-order valence-corrected chi connectivity index (χ1v) is 19.2. The van der Waals surface area contributed by atoms with Crippen molar-refractivity contribution in [2.45, 2.75) is 77.5 Å². The number of hydrogen-bond donors (Lipinski definition) is 2. The van der Waals surface area contributed by atoms with Crippen LogP contribution in [0.15, 0.2) is 69.5 Å². The lowest BCUT2D eigenvalue weighted by molar-refractivity contribution is -0.136. The van der Waals surface area contributed by atoms with Gasteiger partial charge in [-0.3, -0.25) is 9.59 Å². The molecule has 14 heteroatoms. The minimum absolute atomic E-state index is 0.132. The number of likely N-dealkylation sites (tertiary alicyclic amines) is 2. The Morgan fingerprint density at radius 3 is 1.57 bits per heavy atom. The summed E-state index contributed by atoms with van der Waals surface area (Å²) in [5, 5.41) is 5.36. The molecule has 3 aromatic carbocycles. The molecule has 0 aliphatic carbocycles. The van der Waals surface area contributed by atoms with Gasteiger partial charge in [-0.2, -0.15) is 0 Å². The van der Waals surface area contributed by atoms with Crippen molar-refractivity contribution in [2.75, 3.05) is 27.3 Å². The highest BCUT2D eigenvalue weighted by atomic mass is 16.5. The standard InChI is InChI=1S/C42H48N6O8/c1-23(2)35(45-41(51)53-5)39(49)47-19-7-9-31(47)37-43-29-17-15-28(22-34(29)56-37)26-13-11-25(12-14-26)27-16-18-33-30(21-27)44-38(55-33)32-10-8-20-48(32)40(50)36(24(3)4)46-42(52)54-6/h11-18,21-24,31-32,35-36H,7-10,19-20H2,1-6H3,(H,45,51)(H,46,52)/t31-,32+,35-,36+/m0/s1. The summed E-state index contributed by atoms with van der Waals surface area (Å²) < 4.78 is 22.0. The molecule has 2 saturated heterocycles. The molecule has 2 aliphatic rings. The van der Waals surface area contributed by atoms with Crippen LogP contribution in [0.4, 0.5) is 9.59 Å². The predicted octanol–water partition coefficient (Wildman–Crippen LogP) is 7.39. The number of nitrogens with one attached hydrogen (secondary N) is 2. The highest BCUT2D eigenvalue weighted by molar-refractivity contribution is 5.88. The van der Waals surface area contributed by atoms with E-state index in [1.54, 1.807) is 9.80 Å². The van der Waals surface area contributed by atoms with Crippen LogP contribution in [0.25, 0.3) is 44.5 Å². The van der Waals surface area contributed by atoms with Gasteiger partial charge < -0.3 is 38.7 Å². The predicted molar refractivity (Wildman–Crippen MR) is 208 cm³/mol. The molecule has 0 radical (unpaired) electrons. The lowest BCUT2D eigenvalue weighted by Gasteiger charge is -2.29. The quantitative estimate of drug-likeness (QED) is 0.146. The Hall–Kier alpha value is -5.92. The van der Waals surface area contributed by atoms with Gasteiger partial charge in [0.2, 0.25) is 23.6 Å². The maximum absolute atomic E-state index is 13.6. The van der Waals surface area contributed by atoms with E-state index in [-0.39, 0.29) is 35.7 Å². The highest BCUT2D eigenvalue weighted by Gasteiger charge is 2.40. The van der Waals surface area contributed by atoms with E-state index in [0.717, 1.165) is 35.1 Å². The molecule has 7 rings (SSSR count). The molecule has 4 amide bonds. The lowest BCUT2D eigenvalue weighted by atomic mass is 10.00. The molecule has 294 valence electrons. The van der Waals surface area contributed by atoms with E-state index in [9.17, 15) is 19.2 Å². The van der Waals surface area contributed by atoms with Gasteiger partial charge in [0.1, 0.15) is 35.2 Å². The maximum atomic E-state index is 13.6. The molecule has 4 heterocycles. The number of rotatable bonds is 10. The molecular weight excluding hydrogens is 716 g/mol. The number of oxazole rings is 2. The number of carbonyl (C=O) groups excluding carboxylic acids is 4. The van der Waals surface area contributed by atoms with Gasteiger partial charge in [0.05, 0.1) is 14.2 Å². The third kappa shape index (κ3) is 7.64. The normalized spacial score (nSPS) is 18.1. The largest absolute Gasteiger partial charge is 0.453 e. The smallest absolute Gasteiger partial charge is 0.407 e. The van der Waals surface area contributed by atoms with E-state index < -0.39 is 24.3 Å². The minimum atomic E-state index is -0.723. The van der Waals surface area contributed by atoms with Gasteiger partial charge in [0.15, 0.2) is 11.2 Å². The van der Waals surface area contributed by atoms with Crippen molar-refractivity contribution < 1.29 is 37.5 Å². The van der Waals surface area contributed by atoms with Crippen LogP contribution in [0.5, 0.6) is 0 Å². The zero-order chi connectivity index (χ0) is 39.7. The maximum Gasteiger partial charge on any atom is 0.407 e. The van der Waals surface area contributed by atoms with Gasteiger partial charge in [-0.15, -0.1) is 0 Å². The van der Waals surface area contributed by atoms with Gasteiger partial charge in [-0.25, -0.2) is 19.6 Å². The molecule has 2 aliphatic heterocycles. The fourth-order valence-corrected chi connectivity index (χ4v) is 7.72. The van der Waals surface area contributed by atoms with Crippen LogP contribution < -0.4 is 10.6 Å². The summed E-state index contributed by atoms with van der Waals surface area (Å²) in [6.07, 6.45) is 1.75. The van der Waals surface area contributed by atoms with Crippen molar-refractivity contribution in [3.63, 3.8) is 0 Å². The van der Waals surface area contributed by atoms with Crippen LogP contribution in [-0.4, -0.2) is 83.2 Å². The molecule has 14 nitrogen and oxygen atoms in total. The molecule has 2 aromatic heterocycles. The number of methoxy groups -OCH3 is 2. The van der Waals surface area contributed by atoms with E-state index in [2.05, 4.69) is 34.9 Å². The zero-order valence-electron chi connectivity index (χ0n) is 32.5. The van der Waals surface area contributed by atoms with Gasteiger partial charge in [-0.1, -0.05) is 64.1 Å². The molecule has 0 bridgehead atoms. The molecular formula is C42H48N6O8. The van der Waals surface area contributed by atoms with Crippen LogP contribution in [0.2, 0.25) is 0 Å². The Bertz CT molecular complexity index is 2090. The van der Waals surface area contributed by atoms with Crippen LogP contribution >= 0.6 is 0 Å². The van der Waals surface area contributed by atoms with Crippen LogP contribution in [-0.2, 0) is 19.1 Å². The molecule has 4 atom stereocenters. The Balaban J connectivity index is 1.06. The minimum Gasteiger partial charge on any atom is -0.453 e. The summed E-state index contributed by atoms with van der Waals surface area (Å²) in [5.74, 6) is 0.330. The van der Waals surface area contributed by atoms with Gasteiger partial charge in [0.25, 0.3) is 0 Å². The van der Waals surface area contributed by atoms with E-state index in [0.29, 0.717) is 59.9 Å². The van der Waals surface area contributed by atoms with Gasteiger partial charge >= 0.3 is 12.2 Å². The molecule has 0 unspecified atom stereocenters. The van der Waals surface area contributed by atoms with Crippen molar-refractivity contribution in [1.82, 2.24) is 30.4 Å². The Morgan fingerprint density at radius 1 is 0.625 bits per heavy atom. The van der Waals surface area contributed by atoms with Gasteiger partial charge in [0, 0.05) is 13.1 Å². The SMILES string of the molecule is COC(=O)N[C@H](C(=O)N1CCC[C@H]1c1nc2ccc(-c3ccc(-c4ccc5oc([C@H]6CCCN6C(=O)[C@H](NC(=O)OC)C(C)C)nc5c4)cc3)cc2o1)C(C)C. The Kier molecular flexibility index (Phi) is 11.0. The van der Waals surface area contributed by atoms with Crippen LogP contribution in [0.1, 0.15) is 77.2 Å². The summed E-state index contributed by atoms with van der Waals surface area (Å²) in [6, 6.07) is 17.9. The number of nitrogens with zero attached hydrogens (tertiary/aromatic N) is 4. The average molecular weight is 765 g/mol. The van der Waals surface area contributed by atoms with E-state index >= 15 is 0 Å². The first kappa shape index (κ1) is 38.4. The first-order valence-electron chi connectivity index (χ1n) is 19.2. The second-order valence-corrected chi connectivity index (χ2v) is 15.1. The number of amides is 4. The van der Waals surface area contributed by atoms with E-state index in [4.69, 9.17) is 28.3 Å². The zero-order valence-corrected chi connectivity index (χ0v) is 32.5. The second kappa shape index (κ2) is 16.0. The topological polar surface area (TPSA) is 169 Å². The fourth-order valence-electron chi connectivity index (χ4n) is 7.72. The monoisotopic (exact) mass is 764 g/mol.